The molecule has 6 nitrogen and oxygen atoms in total. The minimum Gasteiger partial charge on any atom is -0.340 e. The van der Waals surface area contributed by atoms with Crippen molar-refractivity contribution in [1.29, 1.82) is 0 Å². The SMILES string of the molecule is C[C@H](NC(=O)c1cc2ccc(C(F)(F)F)cc2s1)c1nc(-c2ccnc(C(F)(F)F)c2)no1. The first-order valence-electron chi connectivity index (χ1n) is 9.21. The summed E-state index contributed by atoms with van der Waals surface area (Å²) in [6, 6.07) is 5.86. The number of carbonyl (C=O) groups excluding carboxylic acids is 1. The van der Waals surface area contributed by atoms with Gasteiger partial charge in [0, 0.05) is 16.5 Å². The van der Waals surface area contributed by atoms with E-state index in [0.29, 0.717) is 10.1 Å². The van der Waals surface area contributed by atoms with Crippen molar-refractivity contribution < 1.29 is 35.7 Å². The largest absolute Gasteiger partial charge is 0.433 e. The summed E-state index contributed by atoms with van der Waals surface area (Å²) in [5, 5.41) is 6.70. The Morgan fingerprint density at radius 3 is 2.52 bits per heavy atom. The highest BCUT2D eigenvalue weighted by atomic mass is 32.1. The Morgan fingerprint density at radius 2 is 1.82 bits per heavy atom. The number of hydrogen-bond donors (Lipinski definition) is 1. The number of nitrogens with zero attached hydrogens (tertiary/aromatic N) is 3. The lowest BCUT2D eigenvalue weighted by Gasteiger charge is -2.08. The second-order valence-corrected chi connectivity index (χ2v) is 8.02. The predicted molar refractivity (Wildman–Crippen MR) is 105 cm³/mol. The minimum atomic E-state index is -4.64. The zero-order chi connectivity index (χ0) is 24.0. The predicted octanol–water partition coefficient (Wildman–Crippen LogP) is 5.87. The maximum Gasteiger partial charge on any atom is 0.433 e. The van der Waals surface area contributed by atoms with E-state index in [1.54, 1.807) is 0 Å². The van der Waals surface area contributed by atoms with Gasteiger partial charge in [-0.05, 0) is 42.6 Å². The second-order valence-electron chi connectivity index (χ2n) is 6.94. The van der Waals surface area contributed by atoms with Crippen molar-refractivity contribution in [3.05, 3.63) is 64.6 Å². The summed E-state index contributed by atoms with van der Waals surface area (Å²) in [5.74, 6) is -0.773. The number of aromatic nitrogens is 3. The molecule has 0 fully saturated rings. The van der Waals surface area contributed by atoms with Crippen LogP contribution >= 0.6 is 11.3 Å². The number of rotatable bonds is 4. The topological polar surface area (TPSA) is 80.9 Å². The van der Waals surface area contributed by atoms with Gasteiger partial charge in [0.1, 0.15) is 11.7 Å². The average Bonchev–Trinajstić information content (AvgIpc) is 3.39. The van der Waals surface area contributed by atoms with Gasteiger partial charge in [-0.25, -0.2) is 0 Å². The van der Waals surface area contributed by atoms with Crippen molar-refractivity contribution in [1.82, 2.24) is 20.4 Å². The Labute approximate surface area is 185 Å². The maximum absolute atomic E-state index is 12.9. The lowest BCUT2D eigenvalue weighted by molar-refractivity contribution is -0.141. The fraction of sp³-hybridized carbons (Fsp3) is 0.200. The molecule has 0 saturated carbocycles. The van der Waals surface area contributed by atoms with Crippen LogP contribution in [0.4, 0.5) is 26.3 Å². The quantitative estimate of drug-likeness (QED) is 0.365. The zero-order valence-electron chi connectivity index (χ0n) is 16.5. The normalized spacial score (nSPS) is 13.3. The minimum absolute atomic E-state index is 0.0239. The highest BCUT2D eigenvalue weighted by Gasteiger charge is 2.33. The van der Waals surface area contributed by atoms with Crippen LogP contribution in [0.1, 0.15) is 39.8 Å². The molecule has 0 bridgehead atoms. The monoisotopic (exact) mass is 486 g/mol. The molecule has 0 aliphatic rings. The van der Waals surface area contributed by atoms with Crippen molar-refractivity contribution in [3.8, 4) is 11.4 Å². The first-order valence-corrected chi connectivity index (χ1v) is 10.0. The van der Waals surface area contributed by atoms with Crippen LogP contribution in [0.5, 0.6) is 0 Å². The Balaban J connectivity index is 1.51. The fourth-order valence-corrected chi connectivity index (χ4v) is 3.91. The molecule has 0 aliphatic carbocycles. The van der Waals surface area contributed by atoms with Gasteiger partial charge in [-0.15, -0.1) is 11.3 Å². The zero-order valence-corrected chi connectivity index (χ0v) is 17.3. The maximum atomic E-state index is 12.9. The third kappa shape index (κ3) is 4.82. The van der Waals surface area contributed by atoms with Crippen LogP contribution in [0.25, 0.3) is 21.5 Å². The molecule has 1 N–H and O–H groups in total. The highest BCUT2D eigenvalue weighted by Crippen LogP contribution is 2.34. The molecule has 1 atom stereocenters. The molecule has 33 heavy (non-hydrogen) atoms. The lowest BCUT2D eigenvalue weighted by atomic mass is 10.1. The van der Waals surface area contributed by atoms with Gasteiger partial charge in [0.2, 0.25) is 11.7 Å². The van der Waals surface area contributed by atoms with Crippen molar-refractivity contribution >= 4 is 27.3 Å². The molecular weight excluding hydrogens is 474 g/mol. The molecule has 4 aromatic rings. The molecular formula is C20H12F6N4O2S. The molecule has 4 rings (SSSR count). The van der Waals surface area contributed by atoms with Crippen molar-refractivity contribution in [2.24, 2.45) is 0 Å². The van der Waals surface area contributed by atoms with E-state index in [9.17, 15) is 31.1 Å². The van der Waals surface area contributed by atoms with Gasteiger partial charge in [0.25, 0.3) is 5.91 Å². The molecule has 0 spiro atoms. The van der Waals surface area contributed by atoms with E-state index in [2.05, 4.69) is 20.4 Å². The number of carbonyl (C=O) groups is 1. The van der Waals surface area contributed by atoms with Crippen molar-refractivity contribution in [3.63, 3.8) is 0 Å². The van der Waals surface area contributed by atoms with Gasteiger partial charge < -0.3 is 9.84 Å². The molecule has 0 unspecified atom stereocenters. The third-order valence-electron chi connectivity index (χ3n) is 4.54. The van der Waals surface area contributed by atoms with Crippen LogP contribution in [0.3, 0.4) is 0 Å². The molecule has 3 heterocycles. The lowest BCUT2D eigenvalue weighted by Crippen LogP contribution is -2.26. The molecule has 1 amide bonds. The molecule has 3 aromatic heterocycles. The second kappa shape index (κ2) is 8.14. The van der Waals surface area contributed by atoms with E-state index in [0.717, 1.165) is 35.7 Å². The van der Waals surface area contributed by atoms with Gasteiger partial charge in [0.05, 0.1) is 10.4 Å². The van der Waals surface area contributed by atoms with Crippen molar-refractivity contribution in [2.75, 3.05) is 0 Å². The third-order valence-corrected chi connectivity index (χ3v) is 5.64. The number of benzene rings is 1. The summed E-state index contributed by atoms with van der Waals surface area (Å²) < 4.78 is 82.6. The van der Waals surface area contributed by atoms with Crippen LogP contribution in [-0.4, -0.2) is 21.0 Å². The first kappa shape index (κ1) is 22.7. The first-order chi connectivity index (χ1) is 15.4. The van der Waals surface area contributed by atoms with Crippen molar-refractivity contribution in [2.45, 2.75) is 25.3 Å². The van der Waals surface area contributed by atoms with Gasteiger partial charge >= 0.3 is 12.4 Å². The Hall–Kier alpha value is -3.48. The number of nitrogens with one attached hydrogen (secondary N) is 1. The highest BCUT2D eigenvalue weighted by molar-refractivity contribution is 7.20. The van der Waals surface area contributed by atoms with E-state index in [4.69, 9.17) is 4.52 Å². The molecule has 0 aliphatic heterocycles. The van der Waals surface area contributed by atoms with Crippen LogP contribution < -0.4 is 5.32 Å². The van der Waals surface area contributed by atoms with Gasteiger partial charge in [-0.2, -0.15) is 31.3 Å². The number of alkyl halides is 6. The number of halogens is 6. The van der Waals surface area contributed by atoms with Crippen LogP contribution in [0, 0.1) is 0 Å². The fourth-order valence-electron chi connectivity index (χ4n) is 2.90. The molecule has 0 saturated heterocycles. The van der Waals surface area contributed by atoms with E-state index < -0.39 is 35.6 Å². The Bertz CT molecular complexity index is 1330. The smallest absolute Gasteiger partial charge is 0.340 e. The summed E-state index contributed by atoms with van der Waals surface area (Å²) in [7, 11) is 0. The van der Waals surface area contributed by atoms with E-state index >= 15 is 0 Å². The van der Waals surface area contributed by atoms with Crippen LogP contribution in [0.2, 0.25) is 0 Å². The van der Waals surface area contributed by atoms with Gasteiger partial charge in [0.15, 0.2) is 0 Å². The summed E-state index contributed by atoms with van der Waals surface area (Å²) >= 11 is 0.887. The van der Waals surface area contributed by atoms with E-state index in [1.807, 2.05) is 0 Å². The molecule has 0 radical (unpaired) electrons. The summed E-state index contributed by atoms with van der Waals surface area (Å²) in [4.78, 5) is 20.0. The molecule has 13 heteroatoms. The van der Waals surface area contributed by atoms with E-state index in [1.165, 1.54) is 25.1 Å². The summed E-state index contributed by atoms with van der Waals surface area (Å²) in [5.41, 5.74) is -1.91. The number of pyridine rings is 1. The number of fused-ring (bicyclic) bond motifs is 1. The van der Waals surface area contributed by atoms with E-state index in [-0.39, 0.29) is 22.2 Å². The number of thiophene rings is 1. The average molecular weight is 486 g/mol. The summed E-state index contributed by atoms with van der Waals surface area (Å²) in [6.07, 6.45) is -8.18. The molecule has 1 aromatic carbocycles. The van der Waals surface area contributed by atoms with Crippen LogP contribution in [0.15, 0.2) is 47.1 Å². The molecule has 172 valence electrons. The number of hydrogen-bond acceptors (Lipinski definition) is 6. The number of amides is 1. The van der Waals surface area contributed by atoms with Crippen LogP contribution in [-0.2, 0) is 12.4 Å². The van der Waals surface area contributed by atoms with Gasteiger partial charge in [-0.3, -0.25) is 9.78 Å². The van der Waals surface area contributed by atoms with Gasteiger partial charge in [-0.1, -0.05) is 11.2 Å². The Kier molecular flexibility index (Phi) is 5.60. The standard InChI is InChI=1S/C20H12F6N4O2S/c1-9(18-29-16(30-32-18)11-4-5-27-15(7-11)20(24,25)26)28-17(31)14-6-10-2-3-12(19(21,22)23)8-13(10)33-14/h2-9H,1H3,(H,28,31)/t9-/m0/s1. The Morgan fingerprint density at radius 1 is 1.06 bits per heavy atom. The summed E-state index contributed by atoms with van der Waals surface area (Å²) in [6.45, 7) is 1.51.